The Balaban J connectivity index is 2.24. The van der Waals surface area contributed by atoms with Crippen LogP contribution in [0.5, 0.6) is 0 Å². The first kappa shape index (κ1) is 8.31. The van der Waals surface area contributed by atoms with Crippen LogP contribution in [0.1, 0.15) is 6.92 Å². The Hall–Kier alpha value is -1.29. The van der Waals surface area contributed by atoms with Gasteiger partial charge in [0.25, 0.3) is 0 Å². The summed E-state index contributed by atoms with van der Waals surface area (Å²) in [5.41, 5.74) is 0.957. The molecule has 0 radical (unpaired) electrons. The Morgan fingerprint density at radius 2 is 2.46 bits per heavy atom. The maximum atomic E-state index is 11.6. The quantitative estimate of drug-likeness (QED) is 0.653. The van der Waals surface area contributed by atoms with Crippen molar-refractivity contribution in [3.8, 4) is 0 Å². The standard InChI is InChI=1S/C9H13N3O/c1-7-4-11-6-9(13)12(7)8-2-3-10-5-8/h2-3,5,7,10-11H,4,6H2,1H3. The van der Waals surface area contributed by atoms with Crippen molar-refractivity contribution in [2.75, 3.05) is 18.0 Å². The van der Waals surface area contributed by atoms with Gasteiger partial charge in [-0.2, -0.15) is 0 Å². The fourth-order valence-corrected chi connectivity index (χ4v) is 1.67. The van der Waals surface area contributed by atoms with E-state index >= 15 is 0 Å². The van der Waals surface area contributed by atoms with Crippen LogP contribution in [0.4, 0.5) is 5.69 Å². The molecule has 0 saturated carbocycles. The van der Waals surface area contributed by atoms with Gasteiger partial charge in [-0.1, -0.05) is 0 Å². The van der Waals surface area contributed by atoms with Crippen LogP contribution in [0, 0.1) is 0 Å². The first-order valence-corrected chi connectivity index (χ1v) is 4.44. The number of hydrogen-bond donors (Lipinski definition) is 2. The van der Waals surface area contributed by atoms with Gasteiger partial charge in [-0.15, -0.1) is 0 Å². The molecule has 0 spiro atoms. The average molecular weight is 179 g/mol. The van der Waals surface area contributed by atoms with E-state index in [1.54, 1.807) is 0 Å². The van der Waals surface area contributed by atoms with Gasteiger partial charge in [0.2, 0.25) is 5.91 Å². The van der Waals surface area contributed by atoms with Gasteiger partial charge in [-0.3, -0.25) is 4.79 Å². The van der Waals surface area contributed by atoms with Gasteiger partial charge in [-0.05, 0) is 13.0 Å². The molecule has 4 heteroatoms. The normalized spacial score (nSPS) is 23.6. The average Bonchev–Trinajstić information content (AvgIpc) is 2.57. The maximum Gasteiger partial charge on any atom is 0.241 e. The smallest absolute Gasteiger partial charge is 0.241 e. The van der Waals surface area contributed by atoms with Gasteiger partial charge in [0.05, 0.1) is 12.2 Å². The van der Waals surface area contributed by atoms with Crippen LogP contribution < -0.4 is 10.2 Å². The zero-order chi connectivity index (χ0) is 9.26. The molecule has 0 bridgehead atoms. The molecule has 0 aromatic carbocycles. The molecule has 2 N–H and O–H groups in total. The first-order valence-electron chi connectivity index (χ1n) is 4.44. The molecule has 1 aromatic rings. The molecule has 1 saturated heterocycles. The van der Waals surface area contributed by atoms with Gasteiger partial charge >= 0.3 is 0 Å². The van der Waals surface area contributed by atoms with Crippen LogP contribution in [-0.4, -0.2) is 30.0 Å². The third-order valence-corrected chi connectivity index (χ3v) is 2.29. The highest BCUT2D eigenvalue weighted by Gasteiger charge is 2.25. The summed E-state index contributed by atoms with van der Waals surface area (Å²) in [6.07, 6.45) is 3.68. The van der Waals surface area contributed by atoms with Gasteiger partial charge in [0.1, 0.15) is 0 Å². The lowest BCUT2D eigenvalue weighted by Gasteiger charge is -2.32. The van der Waals surface area contributed by atoms with E-state index in [4.69, 9.17) is 0 Å². The van der Waals surface area contributed by atoms with Crippen LogP contribution in [-0.2, 0) is 4.79 Å². The highest BCUT2D eigenvalue weighted by atomic mass is 16.2. The molecule has 1 unspecified atom stereocenters. The van der Waals surface area contributed by atoms with Gasteiger partial charge in [-0.25, -0.2) is 0 Å². The number of aromatic nitrogens is 1. The van der Waals surface area contributed by atoms with E-state index < -0.39 is 0 Å². The summed E-state index contributed by atoms with van der Waals surface area (Å²) in [7, 11) is 0. The summed E-state index contributed by atoms with van der Waals surface area (Å²) in [4.78, 5) is 16.3. The summed E-state index contributed by atoms with van der Waals surface area (Å²) in [6.45, 7) is 3.34. The number of piperazine rings is 1. The second kappa shape index (κ2) is 3.22. The van der Waals surface area contributed by atoms with E-state index in [0.29, 0.717) is 6.54 Å². The minimum atomic E-state index is 0.137. The molecular formula is C9H13N3O. The van der Waals surface area contributed by atoms with Crippen LogP contribution >= 0.6 is 0 Å². The van der Waals surface area contributed by atoms with Crippen molar-refractivity contribution in [2.24, 2.45) is 0 Å². The second-order valence-corrected chi connectivity index (χ2v) is 3.31. The van der Waals surface area contributed by atoms with Gasteiger partial charge < -0.3 is 15.2 Å². The van der Waals surface area contributed by atoms with Crippen LogP contribution in [0.2, 0.25) is 0 Å². The largest absolute Gasteiger partial charge is 0.366 e. The summed E-state index contributed by atoms with van der Waals surface area (Å²) in [5, 5.41) is 3.07. The topological polar surface area (TPSA) is 48.1 Å². The lowest BCUT2D eigenvalue weighted by atomic mass is 10.2. The Bertz CT molecular complexity index is 294. The molecule has 13 heavy (non-hydrogen) atoms. The maximum absolute atomic E-state index is 11.6. The van der Waals surface area contributed by atoms with Gasteiger partial charge in [0.15, 0.2) is 0 Å². The molecule has 1 fully saturated rings. The fraction of sp³-hybridized carbons (Fsp3) is 0.444. The minimum Gasteiger partial charge on any atom is -0.366 e. The molecule has 70 valence electrons. The third kappa shape index (κ3) is 1.45. The molecule has 1 amide bonds. The number of carbonyl (C=O) groups is 1. The number of H-pyrrole nitrogens is 1. The summed E-state index contributed by atoms with van der Waals surface area (Å²) in [6, 6.07) is 2.15. The zero-order valence-corrected chi connectivity index (χ0v) is 7.58. The molecule has 1 aliphatic rings. The lowest BCUT2D eigenvalue weighted by Crippen LogP contribution is -2.53. The number of carbonyl (C=O) groups excluding carboxylic acids is 1. The number of hydrogen-bond acceptors (Lipinski definition) is 2. The van der Waals surface area contributed by atoms with E-state index in [1.165, 1.54) is 0 Å². The second-order valence-electron chi connectivity index (χ2n) is 3.31. The van der Waals surface area contributed by atoms with E-state index in [2.05, 4.69) is 10.3 Å². The molecule has 2 rings (SSSR count). The Kier molecular flexibility index (Phi) is 2.06. The number of aromatic amines is 1. The number of anilines is 1. The van der Waals surface area contributed by atoms with Crippen LogP contribution in [0.15, 0.2) is 18.5 Å². The van der Waals surface area contributed by atoms with Crippen molar-refractivity contribution in [3.63, 3.8) is 0 Å². The van der Waals surface area contributed by atoms with Crippen molar-refractivity contribution >= 4 is 11.6 Å². The van der Waals surface area contributed by atoms with Crippen LogP contribution in [0.25, 0.3) is 0 Å². The molecule has 2 heterocycles. The predicted octanol–water partition coefficient (Wildman–Crippen LogP) is 0.339. The number of nitrogens with zero attached hydrogens (tertiary/aromatic N) is 1. The van der Waals surface area contributed by atoms with E-state index in [1.807, 2.05) is 30.3 Å². The van der Waals surface area contributed by atoms with E-state index in [0.717, 1.165) is 12.2 Å². The molecule has 0 aliphatic carbocycles. The van der Waals surface area contributed by atoms with Crippen molar-refractivity contribution in [3.05, 3.63) is 18.5 Å². The van der Waals surface area contributed by atoms with Crippen molar-refractivity contribution < 1.29 is 4.79 Å². The minimum absolute atomic E-state index is 0.137. The van der Waals surface area contributed by atoms with E-state index in [-0.39, 0.29) is 11.9 Å². The molecule has 1 aliphatic heterocycles. The van der Waals surface area contributed by atoms with Crippen molar-refractivity contribution in [1.29, 1.82) is 0 Å². The molecular weight excluding hydrogens is 166 g/mol. The summed E-state index contributed by atoms with van der Waals surface area (Å²) < 4.78 is 0. The number of nitrogens with one attached hydrogen (secondary N) is 2. The Labute approximate surface area is 76.9 Å². The third-order valence-electron chi connectivity index (χ3n) is 2.29. The monoisotopic (exact) mass is 179 g/mol. The van der Waals surface area contributed by atoms with E-state index in [9.17, 15) is 4.79 Å². The zero-order valence-electron chi connectivity index (χ0n) is 7.58. The highest BCUT2D eigenvalue weighted by molar-refractivity contribution is 5.96. The molecule has 1 atom stereocenters. The molecule has 4 nitrogen and oxygen atoms in total. The predicted molar refractivity (Wildman–Crippen MR) is 50.6 cm³/mol. The summed E-state index contributed by atoms with van der Waals surface area (Å²) in [5.74, 6) is 0.137. The Morgan fingerprint density at radius 1 is 1.62 bits per heavy atom. The number of amides is 1. The SMILES string of the molecule is CC1CNCC(=O)N1c1cc[nH]c1. The van der Waals surface area contributed by atoms with Crippen molar-refractivity contribution in [2.45, 2.75) is 13.0 Å². The lowest BCUT2D eigenvalue weighted by molar-refractivity contribution is -0.119. The number of rotatable bonds is 1. The Morgan fingerprint density at radius 3 is 3.08 bits per heavy atom. The fourth-order valence-electron chi connectivity index (χ4n) is 1.67. The van der Waals surface area contributed by atoms with Gasteiger partial charge in [0, 0.05) is 25.0 Å². The molecule has 1 aromatic heterocycles. The first-order chi connectivity index (χ1) is 6.29. The van der Waals surface area contributed by atoms with Crippen molar-refractivity contribution in [1.82, 2.24) is 10.3 Å². The summed E-state index contributed by atoms with van der Waals surface area (Å²) >= 11 is 0. The van der Waals surface area contributed by atoms with Crippen LogP contribution in [0.3, 0.4) is 0 Å². The highest BCUT2D eigenvalue weighted by Crippen LogP contribution is 2.17.